The lowest BCUT2D eigenvalue weighted by molar-refractivity contribution is 0.198. The van der Waals surface area contributed by atoms with E-state index in [1.165, 1.54) is 0 Å². The number of hydrogen-bond acceptors (Lipinski definition) is 2. The number of aliphatic hydroxyl groups excluding tert-OH is 1. The monoisotopic (exact) mass is 360 g/mol. The minimum Gasteiger partial charge on any atom is -0.457 e. The highest BCUT2D eigenvalue weighted by atomic mass is 79.9. The molecule has 0 amide bonds. The zero-order chi connectivity index (χ0) is 14.0. The molecule has 0 aromatic heterocycles. The van der Waals surface area contributed by atoms with Gasteiger partial charge < -0.3 is 9.84 Å². The van der Waals surface area contributed by atoms with Crippen molar-refractivity contribution < 1.29 is 9.84 Å². The van der Waals surface area contributed by atoms with Crippen LogP contribution in [-0.4, -0.2) is 5.11 Å². The first kappa shape index (κ1) is 14.7. The summed E-state index contributed by atoms with van der Waals surface area (Å²) in [7, 11) is 0. The number of halogens is 3. The predicted octanol–water partition coefficient (Wildman–Crippen LogP) is 5.60. The van der Waals surface area contributed by atoms with E-state index in [0.717, 1.165) is 10.0 Å². The molecule has 2 rings (SSSR count). The maximum absolute atomic E-state index is 9.55. The lowest BCUT2D eigenvalue weighted by Gasteiger charge is -2.11. The van der Waals surface area contributed by atoms with Crippen LogP contribution in [0.25, 0.3) is 0 Å². The molecule has 0 heterocycles. The van der Waals surface area contributed by atoms with E-state index in [4.69, 9.17) is 27.9 Å². The van der Waals surface area contributed by atoms with Gasteiger partial charge in [-0.25, -0.2) is 0 Å². The quantitative estimate of drug-likeness (QED) is 0.770. The van der Waals surface area contributed by atoms with E-state index in [0.29, 0.717) is 21.5 Å². The zero-order valence-corrected chi connectivity index (χ0v) is 13.1. The second-order valence-corrected chi connectivity index (χ2v) is 5.71. The molecule has 0 bridgehead atoms. The van der Waals surface area contributed by atoms with Crippen LogP contribution in [0.4, 0.5) is 0 Å². The Morgan fingerprint density at radius 2 is 1.68 bits per heavy atom. The lowest BCUT2D eigenvalue weighted by atomic mass is 10.1. The van der Waals surface area contributed by atoms with Gasteiger partial charge >= 0.3 is 0 Å². The molecule has 5 heteroatoms. The molecule has 0 aliphatic rings. The second kappa shape index (κ2) is 6.14. The Balaban J connectivity index is 2.24. The molecular formula is C14H11BrCl2O2. The van der Waals surface area contributed by atoms with Gasteiger partial charge in [-0.1, -0.05) is 45.2 Å². The number of ether oxygens (including phenoxy) is 1. The summed E-state index contributed by atoms with van der Waals surface area (Å²) in [4.78, 5) is 0. The Labute approximate surface area is 130 Å². The average Bonchev–Trinajstić information content (AvgIpc) is 2.33. The first-order valence-corrected chi connectivity index (χ1v) is 7.12. The third-order valence-corrected chi connectivity index (χ3v) is 3.97. The smallest absolute Gasteiger partial charge is 0.129 e. The maximum atomic E-state index is 9.55. The Morgan fingerprint density at radius 1 is 1.05 bits per heavy atom. The lowest BCUT2D eigenvalue weighted by Crippen LogP contribution is -1.93. The summed E-state index contributed by atoms with van der Waals surface area (Å²) < 4.78 is 6.47. The van der Waals surface area contributed by atoms with Crippen molar-refractivity contribution in [1.82, 2.24) is 0 Å². The highest BCUT2D eigenvalue weighted by Gasteiger charge is 2.08. The summed E-state index contributed by atoms with van der Waals surface area (Å²) in [5.74, 6) is 1.25. The van der Waals surface area contributed by atoms with E-state index in [9.17, 15) is 5.11 Å². The summed E-state index contributed by atoms with van der Waals surface area (Å²) >= 11 is 15.2. The van der Waals surface area contributed by atoms with Gasteiger partial charge in [0, 0.05) is 10.5 Å². The van der Waals surface area contributed by atoms with Crippen molar-refractivity contribution in [2.45, 2.75) is 13.0 Å². The van der Waals surface area contributed by atoms with Crippen LogP contribution in [-0.2, 0) is 0 Å². The first-order chi connectivity index (χ1) is 8.97. The molecule has 1 N–H and O–H groups in total. The average molecular weight is 362 g/mol. The van der Waals surface area contributed by atoms with Gasteiger partial charge in [-0.2, -0.15) is 0 Å². The summed E-state index contributed by atoms with van der Waals surface area (Å²) in [6, 6.07) is 10.5. The van der Waals surface area contributed by atoms with Crippen molar-refractivity contribution in [2.24, 2.45) is 0 Å². The summed E-state index contributed by atoms with van der Waals surface area (Å²) in [6.45, 7) is 1.71. The molecule has 19 heavy (non-hydrogen) atoms. The molecule has 0 saturated heterocycles. The molecule has 0 aliphatic heterocycles. The van der Waals surface area contributed by atoms with Crippen molar-refractivity contribution >= 4 is 39.1 Å². The topological polar surface area (TPSA) is 29.5 Å². The maximum Gasteiger partial charge on any atom is 0.129 e. The molecule has 0 spiro atoms. The van der Waals surface area contributed by atoms with Crippen LogP contribution < -0.4 is 4.74 Å². The van der Waals surface area contributed by atoms with E-state index in [2.05, 4.69) is 15.9 Å². The van der Waals surface area contributed by atoms with Gasteiger partial charge in [0.05, 0.1) is 16.1 Å². The fraction of sp³-hybridized carbons (Fsp3) is 0.143. The third-order valence-electron chi connectivity index (χ3n) is 2.55. The van der Waals surface area contributed by atoms with Crippen molar-refractivity contribution in [3.8, 4) is 11.5 Å². The molecule has 0 aliphatic carbocycles. The van der Waals surface area contributed by atoms with Crippen molar-refractivity contribution in [3.63, 3.8) is 0 Å². The number of rotatable bonds is 3. The Morgan fingerprint density at radius 3 is 2.26 bits per heavy atom. The molecule has 2 aromatic carbocycles. The van der Waals surface area contributed by atoms with Crippen molar-refractivity contribution in [2.75, 3.05) is 0 Å². The molecule has 2 nitrogen and oxygen atoms in total. The van der Waals surface area contributed by atoms with E-state index in [1.807, 2.05) is 6.07 Å². The van der Waals surface area contributed by atoms with Gasteiger partial charge in [-0.3, -0.25) is 0 Å². The van der Waals surface area contributed by atoms with Crippen LogP contribution >= 0.6 is 39.1 Å². The van der Waals surface area contributed by atoms with Crippen LogP contribution in [0.2, 0.25) is 10.0 Å². The predicted molar refractivity (Wildman–Crippen MR) is 81.3 cm³/mol. The van der Waals surface area contributed by atoms with Crippen LogP contribution in [0.5, 0.6) is 11.5 Å². The normalized spacial score (nSPS) is 12.3. The van der Waals surface area contributed by atoms with Crippen LogP contribution in [0.1, 0.15) is 18.6 Å². The Hall–Kier alpha value is -0.740. The fourth-order valence-corrected chi connectivity index (χ4v) is 2.56. The van der Waals surface area contributed by atoms with Gasteiger partial charge in [0.15, 0.2) is 0 Å². The van der Waals surface area contributed by atoms with E-state index >= 15 is 0 Å². The molecule has 0 fully saturated rings. The Kier molecular flexibility index (Phi) is 4.74. The SMILES string of the molecule is CC(O)c1ccc(Oc2ccc(Cl)c(Cl)c2)cc1Br. The molecule has 0 radical (unpaired) electrons. The molecular weight excluding hydrogens is 351 g/mol. The summed E-state index contributed by atoms with van der Waals surface area (Å²) in [5.41, 5.74) is 0.807. The number of aliphatic hydroxyl groups is 1. The molecule has 2 aromatic rings. The Bertz CT molecular complexity index is 600. The molecule has 1 atom stereocenters. The largest absolute Gasteiger partial charge is 0.457 e. The van der Waals surface area contributed by atoms with Gasteiger partial charge in [0.25, 0.3) is 0 Å². The first-order valence-electron chi connectivity index (χ1n) is 5.58. The molecule has 100 valence electrons. The minimum absolute atomic E-state index is 0.443. The third kappa shape index (κ3) is 3.63. The van der Waals surface area contributed by atoms with Crippen LogP contribution in [0.3, 0.4) is 0 Å². The number of benzene rings is 2. The standard InChI is InChI=1S/C14H11BrCl2O2/c1-8(18)11-4-2-9(6-12(11)15)19-10-3-5-13(16)14(17)7-10/h2-8,18H,1H3. The van der Waals surface area contributed by atoms with Crippen molar-refractivity contribution in [3.05, 3.63) is 56.5 Å². The van der Waals surface area contributed by atoms with Crippen LogP contribution in [0, 0.1) is 0 Å². The van der Waals surface area contributed by atoms with E-state index in [-0.39, 0.29) is 0 Å². The molecule has 0 saturated carbocycles. The molecule has 1 unspecified atom stereocenters. The van der Waals surface area contributed by atoms with Crippen LogP contribution in [0.15, 0.2) is 40.9 Å². The van der Waals surface area contributed by atoms with Gasteiger partial charge in [0.1, 0.15) is 11.5 Å². The van der Waals surface area contributed by atoms with Gasteiger partial charge in [-0.15, -0.1) is 0 Å². The van der Waals surface area contributed by atoms with Crippen molar-refractivity contribution in [1.29, 1.82) is 0 Å². The highest BCUT2D eigenvalue weighted by Crippen LogP contribution is 2.32. The highest BCUT2D eigenvalue weighted by molar-refractivity contribution is 9.10. The summed E-state index contributed by atoms with van der Waals surface area (Å²) in [6.07, 6.45) is -0.534. The van der Waals surface area contributed by atoms with E-state index in [1.54, 1.807) is 37.3 Å². The zero-order valence-electron chi connectivity index (χ0n) is 10.0. The minimum atomic E-state index is -0.534. The summed E-state index contributed by atoms with van der Waals surface area (Å²) in [5, 5.41) is 10.5. The fourth-order valence-electron chi connectivity index (χ4n) is 1.59. The number of hydrogen-bond donors (Lipinski definition) is 1. The van der Waals surface area contributed by atoms with Gasteiger partial charge in [-0.05, 0) is 36.8 Å². The van der Waals surface area contributed by atoms with Gasteiger partial charge in [0.2, 0.25) is 0 Å². The van der Waals surface area contributed by atoms with E-state index < -0.39 is 6.10 Å². The second-order valence-electron chi connectivity index (χ2n) is 4.04.